The number of carboxylic acids is 1. The molecule has 12 nitrogen and oxygen atoms in total. The number of carbonyl (C=O) groups is 3. The summed E-state index contributed by atoms with van der Waals surface area (Å²) in [6.45, 7) is 0.181. The summed E-state index contributed by atoms with van der Waals surface area (Å²) in [5, 5.41) is 11.5. The molecule has 14 heteroatoms. The minimum absolute atomic E-state index is 0.0222. The summed E-state index contributed by atoms with van der Waals surface area (Å²) in [5.41, 5.74) is 5.32. The molecule has 1 atom stereocenters. The number of nitrogens with two attached hydrogens (primary N) is 1. The van der Waals surface area contributed by atoms with Crippen molar-refractivity contribution in [3.63, 3.8) is 0 Å². The Morgan fingerprint density at radius 3 is 2.63 bits per heavy atom. The summed E-state index contributed by atoms with van der Waals surface area (Å²) in [6, 6.07) is 11.7. The number of para-hydroxylation sites is 1. The molecule has 1 saturated heterocycles. The van der Waals surface area contributed by atoms with Gasteiger partial charge in [0.25, 0.3) is 5.91 Å². The first-order chi connectivity index (χ1) is 18.1. The third-order valence-corrected chi connectivity index (χ3v) is 7.96. The van der Waals surface area contributed by atoms with Crippen LogP contribution in [0.1, 0.15) is 23.3 Å². The Morgan fingerprint density at radius 2 is 1.95 bits per heavy atom. The smallest absolute Gasteiger partial charge is 0.303 e. The van der Waals surface area contributed by atoms with Crippen molar-refractivity contribution in [1.29, 1.82) is 0 Å². The second-order valence-electron chi connectivity index (χ2n) is 8.49. The van der Waals surface area contributed by atoms with Crippen LogP contribution in [0.4, 0.5) is 5.69 Å². The number of halogens is 1. The second kappa shape index (κ2) is 11.4. The lowest BCUT2D eigenvalue weighted by atomic mass is 10.2. The number of rotatable bonds is 10. The van der Waals surface area contributed by atoms with Crippen molar-refractivity contribution in [2.45, 2.75) is 23.8 Å². The molecule has 4 rings (SSSR count). The molecule has 0 saturated carbocycles. The van der Waals surface area contributed by atoms with Crippen molar-refractivity contribution >= 4 is 56.0 Å². The van der Waals surface area contributed by atoms with Crippen LogP contribution in [-0.4, -0.2) is 73.0 Å². The number of nitrogens with zero attached hydrogens (tertiary/aromatic N) is 1. The number of aliphatic carboxylic acids is 1. The number of hydrogen-bond donors (Lipinski definition) is 4. The van der Waals surface area contributed by atoms with Crippen molar-refractivity contribution < 1.29 is 37.4 Å². The monoisotopic (exact) mass is 564 g/mol. The summed E-state index contributed by atoms with van der Waals surface area (Å²) < 4.78 is 40.2. The van der Waals surface area contributed by atoms with E-state index in [1.807, 2.05) is 18.2 Å². The van der Waals surface area contributed by atoms with Crippen molar-refractivity contribution in [3.8, 4) is 5.75 Å². The van der Waals surface area contributed by atoms with Crippen LogP contribution in [0.25, 0.3) is 10.9 Å². The molecule has 5 N–H and O–H groups in total. The molecule has 1 fully saturated rings. The molecule has 0 spiro atoms. The van der Waals surface area contributed by atoms with Gasteiger partial charge < -0.3 is 30.6 Å². The highest BCUT2D eigenvalue weighted by Gasteiger charge is 2.36. The lowest BCUT2D eigenvalue weighted by Gasteiger charge is -2.32. The van der Waals surface area contributed by atoms with E-state index in [4.69, 9.17) is 31.9 Å². The summed E-state index contributed by atoms with van der Waals surface area (Å²) in [7, 11) is -4.30. The summed E-state index contributed by atoms with van der Waals surface area (Å²) >= 11 is 6.23. The number of amides is 2. The highest BCUT2D eigenvalue weighted by atomic mass is 35.5. The molecule has 2 aromatic carbocycles. The molecule has 0 aliphatic carbocycles. The van der Waals surface area contributed by atoms with E-state index in [0.29, 0.717) is 5.75 Å². The highest BCUT2D eigenvalue weighted by Crippen LogP contribution is 2.36. The number of aromatic amines is 1. The topological polar surface area (TPSA) is 181 Å². The van der Waals surface area contributed by atoms with Crippen molar-refractivity contribution in [2.75, 3.05) is 31.6 Å². The zero-order valence-electron chi connectivity index (χ0n) is 20.0. The number of morpholine rings is 1. The number of carbonyl (C=O) groups excluding carboxylic acids is 2. The lowest BCUT2D eigenvalue weighted by Crippen LogP contribution is -2.47. The van der Waals surface area contributed by atoms with Gasteiger partial charge in [0.2, 0.25) is 15.9 Å². The third-order valence-electron chi connectivity index (χ3n) is 5.79. The minimum Gasteiger partial charge on any atom is -0.491 e. The minimum atomic E-state index is -4.30. The Kier molecular flexibility index (Phi) is 8.21. The number of benzene rings is 2. The first kappa shape index (κ1) is 27.4. The standard InChI is InChI=1S/C24H25ClN4O8S/c25-14-10-17-21(18(11-14)27-19(30)6-7-20(31)32)28-22(24(26)33)23(17)38(34,35)29-8-9-36-16(12-29)13-37-15-4-2-1-3-5-15/h1-5,10-11,16,28H,6-9,12-13H2,(H2,26,33)(H,27,30)(H,31,32)/t16-/m0/s1. The van der Waals surface area contributed by atoms with Crippen LogP contribution < -0.4 is 15.8 Å². The van der Waals surface area contributed by atoms with E-state index in [2.05, 4.69) is 10.3 Å². The predicted molar refractivity (Wildman–Crippen MR) is 138 cm³/mol. The number of ether oxygens (including phenoxy) is 2. The van der Waals surface area contributed by atoms with Crippen molar-refractivity contribution in [2.24, 2.45) is 5.73 Å². The molecule has 0 bridgehead atoms. The maximum absolute atomic E-state index is 13.8. The molecular weight excluding hydrogens is 540 g/mol. The average Bonchev–Trinajstić information content (AvgIpc) is 3.28. The Hall–Kier alpha value is -3.65. The average molecular weight is 565 g/mol. The number of sulfonamides is 1. The van der Waals surface area contributed by atoms with Crippen LogP contribution >= 0.6 is 11.6 Å². The van der Waals surface area contributed by atoms with Gasteiger partial charge in [0, 0.05) is 29.9 Å². The maximum Gasteiger partial charge on any atom is 0.303 e. The Morgan fingerprint density at radius 1 is 1.21 bits per heavy atom. The predicted octanol–water partition coefficient (Wildman–Crippen LogP) is 2.19. The molecule has 202 valence electrons. The number of hydrogen-bond acceptors (Lipinski definition) is 7. The molecule has 2 heterocycles. The highest BCUT2D eigenvalue weighted by molar-refractivity contribution is 7.89. The van der Waals surface area contributed by atoms with Crippen LogP contribution in [0, 0.1) is 0 Å². The van der Waals surface area contributed by atoms with Crippen LogP contribution in [0.3, 0.4) is 0 Å². The molecule has 3 aromatic rings. The number of fused-ring (bicyclic) bond motifs is 1. The molecule has 0 unspecified atom stereocenters. The summed E-state index contributed by atoms with van der Waals surface area (Å²) in [5.74, 6) is -2.21. The van der Waals surface area contributed by atoms with Crippen LogP contribution in [0.15, 0.2) is 47.4 Å². The van der Waals surface area contributed by atoms with Gasteiger partial charge in [0.1, 0.15) is 29.0 Å². The van der Waals surface area contributed by atoms with Gasteiger partial charge in [-0.2, -0.15) is 4.31 Å². The van der Waals surface area contributed by atoms with Crippen molar-refractivity contribution in [1.82, 2.24) is 9.29 Å². The number of aromatic nitrogens is 1. The number of anilines is 1. The molecule has 1 aliphatic rings. The Bertz CT molecular complexity index is 1480. The molecule has 1 aromatic heterocycles. The molecule has 1 aliphatic heterocycles. The molecule has 2 amide bonds. The second-order valence-corrected chi connectivity index (χ2v) is 10.8. The van der Waals surface area contributed by atoms with Crippen LogP contribution in [-0.2, 0) is 24.3 Å². The lowest BCUT2D eigenvalue weighted by molar-refractivity contribution is -0.138. The van der Waals surface area contributed by atoms with E-state index in [-0.39, 0.29) is 64.9 Å². The van der Waals surface area contributed by atoms with E-state index in [9.17, 15) is 22.8 Å². The third kappa shape index (κ3) is 6.07. The van der Waals surface area contributed by atoms with Crippen LogP contribution in [0.5, 0.6) is 5.75 Å². The van der Waals surface area contributed by atoms with Gasteiger partial charge in [-0.05, 0) is 24.3 Å². The van der Waals surface area contributed by atoms with E-state index < -0.39 is 40.3 Å². The van der Waals surface area contributed by atoms with E-state index in [1.165, 1.54) is 16.4 Å². The molecule has 38 heavy (non-hydrogen) atoms. The number of H-pyrrole nitrogens is 1. The summed E-state index contributed by atoms with van der Waals surface area (Å²) in [4.78, 5) is 37.7. The molecular formula is C24H25ClN4O8S. The number of primary amides is 1. The fourth-order valence-corrected chi connectivity index (χ4v) is 6.06. The van der Waals surface area contributed by atoms with Crippen molar-refractivity contribution in [3.05, 3.63) is 53.2 Å². The van der Waals surface area contributed by atoms with E-state index >= 15 is 0 Å². The van der Waals surface area contributed by atoms with Gasteiger partial charge in [-0.1, -0.05) is 29.8 Å². The zero-order chi connectivity index (χ0) is 27.4. The normalized spacial score (nSPS) is 16.3. The van der Waals surface area contributed by atoms with Gasteiger partial charge in [0.15, 0.2) is 0 Å². The van der Waals surface area contributed by atoms with E-state index in [0.717, 1.165) is 0 Å². The summed E-state index contributed by atoms with van der Waals surface area (Å²) in [6.07, 6.45) is -1.30. The fourth-order valence-electron chi connectivity index (χ4n) is 4.06. The Balaban J connectivity index is 1.66. The Labute approximate surface area is 222 Å². The molecule has 0 radical (unpaired) electrons. The van der Waals surface area contributed by atoms with Gasteiger partial charge in [0.05, 0.1) is 24.2 Å². The van der Waals surface area contributed by atoms with E-state index in [1.54, 1.807) is 12.1 Å². The zero-order valence-corrected chi connectivity index (χ0v) is 21.5. The van der Waals surface area contributed by atoms with Gasteiger partial charge in [-0.3, -0.25) is 14.4 Å². The first-order valence-corrected chi connectivity index (χ1v) is 13.3. The van der Waals surface area contributed by atoms with Gasteiger partial charge in [-0.15, -0.1) is 0 Å². The fraction of sp³-hybridized carbons (Fsp3) is 0.292. The maximum atomic E-state index is 13.8. The van der Waals surface area contributed by atoms with Crippen LogP contribution in [0.2, 0.25) is 5.02 Å². The van der Waals surface area contributed by atoms with Gasteiger partial charge >= 0.3 is 5.97 Å². The number of carboxylic acid groups (broad SMARTS) is 1. The quantitative estimate of drug-likeness (QED) is 0.289. The SMILES string of the molecule is NC(=O)c1[nH]c2c(NC(=O)CCC(=O)O)cc(Cl)cc2c1S(=O)(=O)N1CCO[C@H](COc2ccccc2)C1. The largest absolute Gasteiger partial charge is 0.491 e. The van der Waals surface area contributed by atoms with Gasteiger partial charge in [-0.25, -0.2) is 8.42 Å². The first-order valence-electron chi connectivity index (χ1n) is 11.5. The number of nitrogens with one attached hydrogen (secondary N) is 2.